The lowest BCUT2D eigenvalue weighted by Gasteiger charge is -1.86. The van der Waals surface area contributed by atoms with E-state index in [-0.39, 0.29) is 0 Å². The van der Waals surface area contributed by atoms with Crippen LogP contribution in [0.25, 0.3) is 6.08 Å². The van der Waals surface area contributed by atoms with Gasteiger partial charge < -0.3 is 0 Å². The highest BCUT2D eigenvalue weighted by atomic mass is 32.1. The van der Waals surface area contributed by atoms with Gasteiger partial charge in [0, 0.05) is 18.8 Å². The Kier molecular flexibility index (Phi) is 1.36. The molecule has 1 aliphatic rings. The smallest absolute Gasteiger partial charge is 0.0801 e. The van der Waals surface area contributed by atoms with Crippen LogP contribution in [0.3, 0.4) is 0 Å². The molecule has 2 nitrogen and oxygen atoms in total. The van der Waals surface area contributed by atoms with Crippen LogP contribution in [-0.4, -0.2) is 11.2 Å². The predicted octanol–water partition coefficient (Wildman–Crippen LogP) is 1.74. The summed E-state index contributed by atoms with van der Waals surface area (Å²) in [6.45, 7) is 0. The van der Waals surface area contributed by atoms with Gasteiger partial charge in [-0.1, -0.05) is 0 Å². The van der Waals surface area contributed by atoms with Crippen LogP contribution in [0.2, 0.25) is 0 Å². The number of rotatable bonds is 0. The molecule has 1 aromatic rings. The van der Waals surface area contributed by atoms with Crippen molar-refractivity contribution in [1.29, 1.82) is 0 Å². The lowest BCUT2D eigenvalue weighted by Crippen LogP contribution is -1.85. The first-order valence-electron chi connectivity index (χ1n) is 3.07. The number of fused-ring (bicyclic) bond motifs is 1. The molecular formula is C7H6N2S. The average Bonchev–Trinajstić information content (AvgIpc) is 2.28. The molecule has 2 rings (SSSR count). The Morgan fingerprint density at radius 3 is 3.50 bits per heavy atom. The van der Waals surface area contributed by atoms with Gasteiger partial charge in [0.05, 0.1) is 16.1 Å². The fourth-order valence-electron chi connectivity index (χ4n) is 0.878. The zero-order chi connectivity index (χ0) is 6.81. The second-order valence-corrected chi connectivity index (χ2v) is 2.90. The van der Waals surface area contributed by atoms with Crippen molar-refractivity contribution in [2.24, 2.45) is 4.99 Å². The fraction of sp³-hybridized carbons (Fsp3) is 0.143. The summed E-state index contributed by atoms with van der Waals surface area (Å²) in [6, 6.07) is 0. The normalized spacial score (nSPS) is 14.8. The lowest BCUT2D eigenvalue weighted by atomic mass is 10.3. The topological polar surface area (TPSA) is 25.2 Å². The first-order valence-corrected chi connectivity index (χ1v) is 3.95. The van der Waals surface area contributed by atoms with Crippen LogP contribution in [0.1, 0.15) is 10.6 Å². The molecule has 0 aliphatic carbocycles. The van der Waals surface area contributed by atoms with Crippen LogP contribution in [0.4, 0.5) is 0 Å². The Labute approximate surface area is 63.0 Å². The van der Waals surface area contributed by atoms with E-state index < -0.39 is 0 Å². The van der Waals surface area contributed by atoms with Crippen LogP contribution >= 0.6 is 11.3 Å². The standard InChI is InChI=1S/C7H6N2S/c1-3-8-4-2-7-6(1)9-5-10-7/h2-5H,1H2. The maximum absolute atomic E-state index is 4.19. The van der Waals surface area contributed by atoms with Crippen molar-refractivity contribution >= 4 is 23.6 Å². The Morgan fingerprint density at radius 1 is 1.50 bits per heavy atom. The van der Waals surface area contributed by atoms with Crippen LogP contribution in [0.15, 0.2) is 16.7 Å². The van der Waals surface area contributed by atoms with E-state index in [1.807, 2.05) is 24.0 Å². The molecule has 1 aliphatic heterocycles. The summed E-state index contributed by atoms with van der Waals surface area (Å²) < 4.78 is 0. The minimum Gasteiger partial charge on any atom is -0.269 e. The summed E-state index contributed by atoms with van der Waals surface area (Å²) >= 11 is 1.66. The van der Waals surface area contributed by atoms with E-state index in [9.17, 15) is 0 Å². The zero-order valence-corrected chi connectivity index (χ0v) is 6.14. The van der Waals surface area contributed by atoms with E-state index in [0.29, 0.717) is 0 Å². The van der Waals surface area contributed by atoms with Crippen molar-refractivity contribution in [1.82, 2.24) is 4.98 Å². The molecule has 0 spiro atoms. The summed E-state index contributed by atoms with van der Waals surface area (Å²) in [7, 11) is 0. The molecule has 3 heteroatoms. The van der Waals surface area contributed by atoms with Gasteiger partial charge in [-0.3, -0.25) is 4.99 Å². The van der Waals surface area contributed by atoms with Gasteiger partial charge >= 0.3 is 0 Å². The highest BCUT2D eigenvalue weighted by molar-refractivity contribution is 7.10. The second kappa shape index (κ2) is 2.34. The first-order chi connectivity index (χ1) is 4.97. The maximum atomic E-state index is 4.19. The summed E-state index contributed by atoms with van der Waals surface area (Å²) in [6.07, 6.45) is 6.55. The molecule has 0 fully saturated rings. The van der Waals surface area contributed by atoms with E-state index in [1.54, 1.807) is 11.3 Å². The number of aromatic nitrogens is 1. The third kappa shape index (κ3) is 0.885. The van der Waals surface area contributed by atoms with Crippen molar-refractivity contribution < 1.29 is 0 Å². The maximum Gasteiger partial charge on any atom is 0.0801 e. The van der Waals surface area contributed by atoms with Gasteiger partial charge in [0.1, 0.15) is 0 Å². The van der Waals surface area contributed by atoms with E-state index in [4.69, 9.17) is 0 Å². The Hall–Kier alpha value is -0.960. The quantitative estimate of drug-likeness (QED) is 0.553. The third-order valence-electron chi connectivity index (χ3n) is 1.37. The SMILES string of the molecule is C1=Cc2scnc2CC=N1. The molecule has 0 radical (unpaired) electrons. The second-order valence-electron chi connectivity index (χ2n) is 2.01. The minimum atomic E-state index is 0.867. The largest absolute Gasteiger partial charge is 0.269 e. The summed E-state index contributed by atoms with van der Waals surface area (Å²) in [5.41, 5.74) is 3.01. The fourth-order valence-corrected chi connectivity index (χ4v) is 1.58. The Bertz CT molecular complexity index is 286. The molecule has 0 atom stereocenters. The molecule has 10 heavy (non-hydrogen) atoms. The van der Waals surface area contributed by atoms with Gasteiger partial charge in [-0.25, -0.2) is 4.98 Å². The number of hydrogen-bond donors (Lipinski definition) is 0. The van der Waals surface area contributed by atoms with E-state index >= 15 is 0 Å². The van der Waals surface area contributed by atoms with Gasteiger partial charge in [0.25, 0.3) is 0 Å². The average molecular weight is 150 g/mol. The summed E-state index contributed by atoms with van der Waals surface area (Å²) in [4.78, 5) is 9.45. The minimum absolute atomic E-state index is 0.867. The number of nitrogens with zero attached hydrogens (tertiary/aromatic N) is 2. The van der Waals surface area contributed by atoms with Crippen molar-refractivity contribution in [2.75, 3.05) is 0 Å². The lowest BCUT2D eigenvalue weighted by molar-refractivity contribution is 1.20. The molecule has 0 aromatic carbocycles. The van der Waals surface area contributed by atoms with E-state index in [1.165, 1.54) is 4.88 Å². The monoisotopic (exact) mass is 150 g/mol. The van der Waals surface area contributed by atoms with Crippen LogP contribution in [-0.2, 0) is 6.42 Å². The molecule has 0 unspecified atom stereocenters. The van der Waals surface area contributed by atoms with Gasteiger partial charge in [-0.05, 0) is 6.08 Å². The number of hydrogen-bond acceptors (Lipinski definition) is 3. The van der Waals surface area contributed by atoms with Gasteiger partial charge in [-0.2, -0.15) is 0 Å². The van der Waals surface area contributed by atoms with E-state index in [2.05, 4.69) is 9.98 Å². The summed E-state index contributed by atoms with van der Waals surface area (Å²) in [5.74, 6) is 0. The van der Waals surface area contributed by atoms with Crippen molar-refractivity contribution in [2.45, 2.75) is 6.42 Å². The molecule has 0 N–H and O–H groups in total. The number of thiazole rings is 1. The predicted molar refractivity (Wildman–Crippen MR) is 43.3 cm³/mol. The Morgan fingerprint density at radius 2 is 2.50 bits per heavy atom. The molecule has 0 amide bonds. The third-order valence-corrected chi connectivity index (χ3v) is 2.21. The van der Waals surface area contributed by atoms with Gasteiger partial charge in [0.15, 0.2) is 0 Å². The molecular weight excluding hydrogens is 144 g/mol. The highest BCUT2D eigenvalue weighted by Crippen LogP contribution is 2.16. The Balaban J connectivity index is 2.50. The van der Waals surface area contributed by atoms with Gasteiger partial charge in [-0.15, -0.1) is 11.3 Å². The molecule has 0 saturated heterocycles. The van der Waals surface area contributed by atoms with Crippen molar-refractivity contribution in [3.8, 4) is 0 Å². The molecule has 2 heterocycles. The highest BCUT2D eigenvalue weighted by Gasteiger charge is 2.01. The molecule has 0 saturated carbocycles. The van der Waals surface area contributed by atoms with E-state index in [0.717, 1.165) is 12.1 Å². The number of aliphatic imine (C=N–C) groups is 1. The molecule has 1 aromatic heterocycles. The van der Waals surface area contributed by atoms with Crippen molar-refractivity contribution in [3.05, 3.63) is 22.3 Å². The van der Waals surface area contributed by atoms with Crippen LogP contribution in [0, 0.1) is 0 Å². The van der Waals surface area contributed by atoms with Crippen LogP contribution in [0.5, 0.6) is 0 Å². The molecule has 0 bridgehead atoms. The van der Waals surface area contributed by atoms with Crippen molar-refractivity contribution in [3.63, 3.8) is 0 Å². The zero-order valence-electron chi connectivity index (χ0n) is 5.32. The van der Waals surface area contributed by atoms with Crippen LogP contribution < -0.4 is 0 Å². The molecule has 50 valence electrons. The first kappa shape index (κ1) is 5.80. The van der Waals surface area contributed by atoms with Gasteiger partial charge in [0.2, 0.25) is 0 Å². The summed E-state index contributed by atoms with van der Waals surface area (Å²) in [5, 5.41) is 0.